The van der Waals surface area contributed by atoms with Gasteiger partial charge in [-0.25, -0.2) is 4.98 Å². The molecule has 2 aromatic heterocycles. The van der Waals surface area contributed by atoms with Crippen LogP contribution in [0.5, 0.6) is 0 Å². The maximum atomic E-state index is 13.2. The third kappa shape index (κ3) is 3.45. The van der Waals surface area contributed by atoms with Crippen LogP contribution in [0.1, 0.15) is 16.7 Å². The number of rotatable bonds is 4. The van der Waals surface area contributed by atoms with E-state index in [0.717, 1.165) is 21.5 Å². The van der Waals surface area contributed by atoms with Gasteiger partial charge in [0.1, 0.15) is 4.83 Å². The lowest BCUT2D eigenvalue weighted by atomic mass is 10.0. The molecule has 0 N–H and O–H groups in total. The number of nitrogens with zero attached hydrogens (tertiary/aromatic N) is 2. The highest BCUT2D eigenvalue weighted by atomic mass is 32.2. The molecule has 0 amide bonds. The van der Waals surface area contributed by atoms with Crippen LogP contribution in [0.3, 0.4) is 0 Å². The minimum Gasteiger partial charge on any atom is -0.294 e. The van der Waals surface area contributed by atoms with Crippen molar-refractivity contribution in [2.24, 2.45) is 0 Å². The number of fused-ring (bicyclic) bond motifs is 1. The summed E-state index contributed by atoms with van der Waals surface area (Å²) >= 11 is 3.24. The second kappa shape index (κ2) is 7.33. The Hall–Kier alpha value is -2.37. The maximum absolute atomic E-state index is 13.2. The first-order valence-corrected chi connectivity index (χ1v) is 10.8. The topological polar surface area (TPSA) is 34.9 Å². The van der Waals surface area contributed by atoms with Crippen LogP contribution < -0.4 is 5.56 Å². The summed E-state index contributed by atoms with van der Waals surface area (Å²) in [4.78, 5) is 19.7. The molecule has 0 fully saturated rings. The molecule has 0 bridgehead atoms. The molecule has 0 radical (unpaired) electrons. The van der Waals surface area contributed by atoms with Gasteiger partial charge >= 0.3 is 0 Å². The molecule has 4 aromatic rings. The monoisotopic (exact) mass is 392 g/mol. The first-order chi connectivity index (χ1) is 13.1. The van der Waals surface area contributed by atoms with Crippen LogP contribution in [0.25, 0.3) is 21.3 Å². The first kappa shape index (κ1) is 18.0. The molecule has 5 heteroatoms. The SMILES string of the molecule is CSc1ccc(Cn2cnc3scc(-c4ccc(C)c(C)c4)c3c2=O)cc1. The van der Waals surface area contributed by atoms with Gasteiger partial charge in [-0.15, -0.1) is 23.1 Å². The molecule has 2 heterocycles. The highest BCUT2D eigenvalue weighted by Crippen LogP contribution is 2.31. The molecule has 2 aromatic carbocycles. The third-order valence-electron chi connectivity index (χ3n) is 4.89. The van der Waals surface area contributed by atoms with Crippen LogP contribution in [-0.4, -0.2) is 15.8 Å². The maximum Gasteiger partial charge on any atom is 0.263 e. The second-order valence-corrected chi connectivity index (χ2v) is 8.39. The quantitative estimate of drug-likeness (QED) is 0.429. The summed E-state index contributed by atoms with van der Waals surface area (Å²) in [7, 11) is 0. The van der Waals surface area contributed by atoms with Gasteiger partial charge in [0.25, 0.3) is 5.56 Å². The highest BCUT2D eigenvalue weighted by Gasteiger charge is 2.14. The zero-order chi connectivity index (χ0) is 19.0. The number of hydrogen-bond donors (Lipinski definition) is 0. The smallest absolute Gasteiger partial charge is 0.263 e. The van der Waals surface area contributed by atoms with Crippen molar-refractivity contribution in [3.8, 4) is 11.1 Å². The van der Waals surface area contributed by atoms with E-state index in [0.29, 0.717) is 11.9 Å². The average Bonchev–Trinajstić information content (AvgIpc) is 3.12. The lowest BCUT2D eigenvalue weighted by molar-refractivity contribution is 0.749. The number of thiophene rings is 1. The van der Waals surface area contributed by atoms with Crippen molar-refractivity contribution in [2.45, 2.75) is 25.3 Å². The van der Waals surface area contributed by atoms with E-state index in [4.69, 9.17) is 0 Å². The van der Waals surface area contributed by atoms with E-state index >= 15 is 0 Å². The Kier molecular flexibility index (Phi) is 4.89. The molecule has 0 aliphatic rings. The number of aromatic nitrogens is 2. The molecular weight excluding hydrogens is 372 g/mol. The van der Waals surface area contributed by atoms with Gasteiger partial charge in [0, 0.05) is 15.8 Å². The van der Waals surface area contributed by atoms with Crippen LogP contribution >= 0.6 is 23.1 Å². The average molecular weight is 393 g/mol. The Bertz CT molecular complexity index is 1170. The summed E-state index contributed by atoms with van der Waals surface area (Å²) in [5, 5.41) is 2.76. The molecule has 27 heavy (non-hydrogen) atoms. The van der Waals surface area contributed by atoms with Crippen molar-refractivity contribution >= 4 is 33.3 Å². The van der Waals surface area contributed by atoms with Gasteiger partial charge in [0.2, 0.25) is 0 Å². The minimum absolute atomic E-state index is 0.0171. The fraction of sp³-hybridized carbons (Fsp3) is 0.182. The lowest BCUT2D eigenvalue weighted by Gasteiger charge is -2.08. The molecule has 0 saturated heterocycles. The van der Waals surface area contributed by atoms with E-state index in [1.54, 1.807) is 22.7 Å². The van der Waals surface area contributed by atoms with Crippen LogP contribution in [-0.2, 0) is 6.54 Å². The van der Waals surface area contributed by atoms with Crippen molar-refractivity contribution in [2.75, 3.05) is 6.26 Å². The summed E-state index contributed by atoms with van der Waals surface area (Å²) in [6.07, 6.45) is 3.72. The van der Waals surface area contributed by atoms with Crippen molar-refractivity contribution < 1.29 is 0 Å². The Morgan fingerprint density at radius 1 is 1.07 bits per heavy atom. The van der Waals surface area contributed by atoms with Gasteiger partial charge in [0.05, 0.1) is 18.3 Å². The van der Waals surface area contributed by atoms with E-state index in [9.17, 15) is 4.79 Å². The molecule has 0 saturated carbocycles. The van der Waals surface area contributed by atoms with Gasteiger partial charge in [0.15, 0.2) is 0 Å². The van der Waals surface area contributed by atoms with Crippen LogP contribution in [0.4, 0.5) is 0 Å². The highest BCUT2D eigenvalue weighted by molar-refractivity contribution is 7.98. The van der Waals surface area contributed by atoms with Crippen LogP contribution in [0.15, 0.2) is 63.9 Å². The summed E-state index contributed by atoms with van der Waals surface area (Å²) in [5.41, 5.74) is 5.64. The number of benzene rings is 2. The van der Waals surface area contributed by atoms with Crippen molar-refractivity contribution in [3.63, 3.8) is 0 Å². The van der Waals surface area contributed by atoms with E-state index in [1.165, 1.54) is 27.4 Å². The molecule has 0 aliphatic carbocycles. The first-order valence-electron chi connectivity index (χ1n) is 8.74. The van der Waals surface area contributed by atoms with Crippen LogP contribution in [0.2, 0.25) is 0 Å². The van der Waals surface area contributed by atoms with E-state index in [2.05, 4.69) is 67.6 Å². The van der Waals surface area contributed by atoms with Crippen molar-refractivity contribution in [1.82, 2.24) is 9.55 Å². The summed E-state index contributed by atoms with van der Waals surface area (Å²) in [6, 6.07) is 14.7. The van der Waals surface area contributed by atoms with Crippen molar-refractivity contribution in [3.05, 3.63) is 81.2 Å². The predicted octanol–water partition coefficient (Wildman–Crippen LogP) is 5.51. The van der Waals surface area contributed by atoms with Gasteiger partial charge in [-0.1, -0.05) is 30.3 Å². The molecule has 0 aliphatic heterocycles. The zero-order valence-corrected chi connectivity index (χ0v) is 17.2. The number of hydrogen-bond acceptors (Lipinski definition) is 4. The zero-order valence-electron chi connectivity index (χ0n) is 15.5. The van der Waals surface area contributed by atoms with E-state index < -0.39 is 0 Å². The summed E-state index contributed by atoms with van der Waals surface area (Å²) < 4.78 is 1.70. The molecule has 0 atom stereocenters. The fourth-order valence-electron chi connectivity index (χ4n) is 3.13. The fourth-order valence-corrected chi connectivity index (χ4v) is 4.44. The van der Waals surface area contributed by atoms with Gasteiger partial charge in [-0.2, -0.15) is 0 Å². The standard InChI is InChI=1S/C22H20N2OS2/c1-14-4-7-17(10-15(14)2)19-12-27-21-20(19)22(25)24(13-23-21)11-16-5-8-18(26-3)9-6-16/h4-10,12-13H,11H2,1-3H3. The van der Waals surface area contributed by atoms with Gasteiger partial charge in [-0.3, -0.25) is 9.36 Å². The predicted molar refractivity (Wildman–Crippen MR) is 116 cm³/mol. The Morgan fingerprint density at radius 3 is 2.56 bits per heavy atom. The van der Waals surface area contributed by atoms with Gasteiger partial charge < -0.3 is 0 Å². The Morgan fingerprint density at radius 2 is 1.85 bits per heavy atom. The summed E-state index contributed by atoms with van der Waals surface area (Å²) in [5.74, 6) is 0. The molecule has 3 nitrogen and oxygen atoms in total. The minimum atomic E-state index is 0.0171. The Balaban J connectivity index is 1.78. The molecular formula is C22H20N2OS2. The van der Waals surface area contributed by atoms with E-state index in [-0.39, 0.29) is 5.56 Å². The van der Waals surface area contributed by atoms with Crippen molar-refractivity contribution in [1.29, 1.82) is 0 Å². The largest absolute Gasteiger partial charge is 0.294 e. The van der Waals surface area contributed by atoms with Gasteiger partial charge in [-0.05, 0) is 54.5 Å². The number of aryl methyl sites for hydroxylation is 2. The molecule has 0 spiro atoms. The lowest BCUT2D eigenvalue weighted by Crippen LogP contribution is -2.20. The molecule has 136 valence electrons. The third-order valence-corrected chi connectivity index (χ3v) is 6.52. The normalized spacial score (nSPS) is 11.2. The summed E-state index contributed by atoms with van der Waals surface area (Å²) in [6.45, 7) is 4.72. The Labute approximate surface area is 166 Å². The van der Waals surface area contributed by atoms with E-state index in [1.807, 2.05) is 5.38 Å². The second-order valence-electron chi connectivity index (χ2n) is 6.65. The number of thioether (sulfide) groups is 1. The molecule has 4 rings (SSSR count). The van der Waals surface area contributed by atoms with Crippen LogP contribution in [0, 0.1) is 13.8 Å². The molecule has 0 unspecified atom stereocenters.